The van der Waals surface area contributed by atoms with E-state index in [1.165, 1.54) is 0 Å². The molecule has 3 aromatic rings. The number of amides is 1. The van der Waals surface area contributed by atoms with E-state index in [1.807, 2.05) is 22.8 Å². The van der Waals surface area contributed by atoms with Crippen molar-refractivity contribution >= 4 is 17.1 Å². The monoisotopic (exact) mass is 323 g/mol. The number of pyridine rings is 2. The van der Waals surface area contributed by atoms with E-state index >= 15 is 0 Å². The van der Waals surface area contributed by atoms with Crippen LogP contribution in [0.3, 0.4) is 0 Å². The molecule has 3 aromatic heterocycles. The van der Waals surface area contributed by atoms with Crippen LogP contribution < -0.4 is 5.32 Å². The number of nitrogens with zero attached hydrogens (tertiary/aromatic N) is 4. The lowest BCUT2D eigenvalue weighted by Gasteiger charge is -2.32. The second-order valence-corrected chi connectivity index (χ2v) is 5.98. The zero-order chi connectivity index (χ0) is 16.5. The van der Waals surface area contributed by atoms with Gasteiger partial charge in [0.2, 0.25) is 0 Å². The Bertz CT molecular complexity index is 877. The molecule has 7 nitrogen and oxygen atoms in total. The third-order valence-corrected chi connectivity index (χ3v) is 4.33. The van der Waals surface area contributed by atoms with Crippen LogP contribution >= 0.6 is 0 Å². The van der Waals surface area contributed by atoms with Crippen LogP contribution in [0.1, 0.15) is 28.9 Å². The number of carbonyl (C=O) groups excluding carboxylic acids is 1. The highest BCUT2D eigenvalue weighted by Gasteiger charge is 2.30. The van der Waals surface area contributed by atoms with Crippen LogP contribution in [0.5, 0.6) is 0 Å². The van der Waals surface area contributed by atoms with Gasteiger partial charge in [0.05, 0.1) is 36.3 Å². The Morgan fingerprint density at radius 1 is 1.29 bits per heavy atom. The van der Waals surface area contributed by atoms with Crippen molar-refractivity contribution in [3.05, 3.63) is 54.2 Å². The first-order valence-corrected chi connectivity index (χ1v) is 7.90. The topological polar surface area (TPSA) is 92.9 Å². The summed E-state index contributed by atoms with van der Waals surface area (Å²) in [5.74, 6) is -0.229. The molecule has 3 heterocycles. The molecule has 1 fully saturated rings. The van der Waals surface area contributed by atoms with E-state index in [0.717, 1.165) is 18.5 Å². The molecule has 7 heteroatoms. The molecular formula is C17H17N5O2. The average molecular weight is 323 g/mol. The molecule has 0 spiro atoms. The Morgan fingerprint density at radius 3 is 2.92 bits per heavy atom. The fraction of sp³-hybridized carbons (Fsp3) is 0.294. The van der Waals surface area contributed by atoms with E-state index in [9.17, 15) is 9.90 Å². The first kappa shape index (κ1) is 14.8. The van der Waals surface area contributed by atoms with Crippen molar-refractivity contribution in [1.82, 2.24) is 24.8 Å². The normalized spacial score (nSPS) is 19.9. The molecular weight excluding hydrogens is 306 g/mol. The van der Waals surface area contributed by atoms with Crippen LogP contribution in [0.25, 0.3) is 11.2 Å². The minimum Gasteiger partial charge on any atom is -0.391 e. The minimum absolute atomic E-state index is 0.157. The molecule has 1 aliphatic rings. The van der Waals surface area contributed by atoms with Gasteiger partial charge in [-0.2, -0.15) is 0 Å². The van der Waals surface area contributed by atoms with Crippen molar-refractivity contribution in [2.75, 3.05) is 0 Å². The van der Waals surface area contributed by atoms with Crippen LogP contribution in [-0.4, -0.2) is 42.7 Å². The summed E-state index contributed by atoms with van der Waals surface area (Å²) in [7, 11) is 0. The summed E-state index contributed by atoms with van der Waals surface area (Å²) >= 11 is 0. The van der Waals surface area contributed by atoms with Gasteiger partial charge in [0.1, 0.15) is 5.52 Å². The maximum Gasteiger partial charge on any atom is 0.253 e. The van der Waals surface area contributed by atoms with Gasteiger partial charge in [0, 0.05) is 12.4 Å². The summed E-state index contributed by atoms with van der Waals surface area (Å²) in [5, 5.41) is 12.4. The SMILES string of the molecule is O=C(N[C@H]1CC[C@H]1O)c1cnc2c(c1)ncn2Cc1ccccn1. The van der Waals surface area contributed by atoms with E-state index < -0.39 is 6.10 Å². The fourth-order valence-corrected chi connectivity index (χ4v) is 2.76. The van der Waals surface area contributed by atoms with Gasteiger partial charge in [-0.05, 0) is 31.0 Å². The number of aromatic nitrogens is 4. The van der Waals surface area contributed by atoms with Crippen molar-refractivity contribution < 1.29 is 9.90 Å². The molecule has 0 radical (unpaired) electrons. The summed E-state index contributed by atoms with van der Waals surface area (Å²) in [4.78, 5) is 25.2. The fourth-order valence-electron chi connectivity index (χ4n) is 2.76. The summed E-state index contributed by atoms with van der Waals surface area (Å²) in [6.07, 6.45) is 6.09. The zero-order valence-electron chi connectivity index (χ0n) is 13.0. The Hall–Kier alpha value is -2.80. The van der Waals surface area contributed by atoms with Gasteiger partial charge in [-0.25, -0.2) is 9.97 Å². The molecule has 0 bridgehead atoms. The second-order valence-electron chi connectivity index (χ2n) is 5.98. The smallest absolute Gasteiger partial charge is 0.253 e. The van der Waals surface area contributed by atoms with Crippen molar-refractivity contribution in [1.29, 1.82) is 0 Å². The predicted octanol–water partition coefficient (Wildman–Crippen LogP) is 1.13. The summed E-state index contributed by atoms with van der Waals surface area (Å²) in [5.41, 5.74) is 2.73. The molecule has 4 rings (SSSR count). The molecule has 0 aromatic carbocycles. The number of fused-ring (bicyclic) bond motifs is 1. The maximum absolute atomic E-state index is 12.2. The molecule has 1 saturated carbocycles. The van der Waals surface area contributed by atoms with Gasteiger partial charge < -0.3 is 15.0 Å². The molecule has 2 N–H and O–H groups in total. The largest absolute Gasteiger partial charge is 0.391 e. The summed E-state index contributed by atoms with van der Waals surface area (Å²) in [6, 6.07) is 7.31. The van der Waals surface area contributed by atoms with Gasteiger partial charge >= 0.3 is 0 Å². The van der Waals surface area contributed by atoms with E-state index in [0.29, 0.717) is 23.3 Å². The van der Waals surface area contributed by atoms with E-state index in [4.69, 9.17) is 0 Å². The highest BCUT2D eigenvalue weighted by molar-refractivity contribution is 5.96. The maximum atomic E-state index is 12.2. The van der Waals surface area contributed by atoms with E-state index in [2.05, 4.69) is 20.3 Å². The highest BCUT2D eigenvalue weighted by Crippen LogP contribution is 2.20. The number of aliphatic hydroxyl groups is 1. The molecule has 24 heavy (non-hydrogen) atoms. The third-order valence-electron chi connectivity index (χ3n) is 4.33. The molecule has 0 saturated heterocycles. The third kappa shape index (κ3) is 2.74. The lowest BCUT2D eigenvalue weighted by molar-refractivity contribution is 0.0447. The van der Waals surface area contributed by atoms with Gasteiger partial charge in [-0.1, -0.05) is 6.07 Å². The lowest BCUT2D eigenvalue weighted by atomic mass is 9.89. The van der Waals surface area contributed by atoms with Crippen molar-refractivity contribution in [2.45, 2.75) is 31.5 Å². The first-order valence-electron chi connectivity index (χ1n) is 7.90. The molecule has 0 unspecified atom stereocenters. The van der Waals surface area contributed by atoms with Crippen molar-refractivity contribution in [2.24, 2.45) is 0 Å². The second kappa shape index (κ2) is 6.01. The standard InChI is InChI=1S/C17H17N5O2/c23-15-5-4-13(15)21-17(24)11-7-14-16(19-8-11)22(10-20-14)9-12-3-1-2-6-18-12/h1-3,6-8,10,13,15,23H,4-5,9H2,(H,21,24)/t13-,15+/m0/s1. The minimum atomic E-state index is -0.441. The Labute approximate surface area is 138 Å². The summed E-state index contributed by atoms with van der Waals surface area (Å²) < 4.78 is 1.90. The van der Waals surface area contributed by atoms with Crippen molar-refractivity contribution in [3.63, 3.8) is 0 Å². The number of nitrogens with one attached hydrogen (secondary N) is 1. The van der Waals surface area contributed by atoms with Crippen LogP contribution in [0, 0.1) is 0 Å². The average Bonchev–Trinajstić information content (AvgIpc) is 3.01. The number of imidazole rings is 1. The summed E-state index contributed by atoms with van der Waals surface area (Å²) in [6.45, 7) is 0.574. The lowest BCUT2D eigenvalue weighted by Crippen LogP contribution is -2.50. The predicted molar refractivity (Wildman–Crippen MR) is 87.4 cm³/mol. The quantitative estimate of drug-likeness (QED) is 0.751. The molecule has 1 aliphatic carbocycles. The van der Waals surface area contributed by atoms with Gasteiger partial charge in [-0.3, -0.25) is 9.78 Å². The number of rotatable bonds is 4. The number of carbonyl (C=O) groups is 1. The van der Waals surface area contributed by atoms with Crippen molar-refractivity contribution in [3.8, 4) is 0 Å². The molecule has 122 valence electrons. The van der Waals surface area contributed by atoms with Crippen LogP contribution in [0.4, 0.5) is 0 Å². The Balaban J connectivity index is 1.55. The Kier molecular flexibility index (Phi) is 3.70. The molecule has 1 amide bonds. The number of aliphatic hydroxyl groups excluding tert-OH is 1. The zero-order valence-corrected chi connectivity index (χ0v) is 13.0. The number of hydrogen-bond donors (Lipinski definition) is 2. The molecule has 0 aliphatic heterocycles. The van der Waals surface area contributed by atoms with Crippen LogP contribution in [-0.2, 0) is 6.54 Å². The van der Waals surface area contributed by atoms with E-state index in [1.54, 1.807) is 24.8 Å². The molecule has 2 atom stereocenters. The Morgan fingerprint density at radius 2 is 2.21 bits per heavy atom. The van der Waals surface area contributed by atoms with Crippen LogP contribution in [0.15, 0.2) is 43.0 Å². The highest BCUT2D eigenvalue weighted by atomic mass is 16.3. The van der Waals surface area contributed by atoms with Crippen LogP contribution in [0.2, 0.25) is 0 Å². The van der Waals surface area contributed by atoms with Gasteiger partial charge in [-0.15, -0.1) is 0 Å². The van der Waals surface area contributed by atoms with E-state index in [-0.39, 0.29) is 11.9 Å². The van der Waals surface area contributed by atoms with Gasteiger partial charge in [0.15, 0.2) is 5.65 Å². The van der Waals surface area contributed by atoms with Gasteiger partial charge in [0.25, 0.3) is 5.91 Å². The first-order chi connectivity index (χ1) is 11.7. The number of hydrogen-bond acceptors (Lipinski definition) is 5.